The molecule has 1 heteroatoms. The molecule has 0 aromatic carbocycles. The van der Waals surface area contributed by atoms with Crippen molar-refractivity contribution in [2.75, 3.05) is 0 Å². The van der Waals surface area contributed by atoms with Crippen LogP contribution in [-0.4, -0.2) is 5.11 Å². The fourth-order valence-electron chi connectivity index (χ4n) is 2.31. The normalized spacial score (nSPS) is 23.1. The minimum atomic E-state index is -0.102. The fourth-order valence-corrected chi connectivity index (χ4v) is 2.31. The summed E-state index contributed by atoms with van der Waals surface area (Å²) in [4.78, 5) is 0. The second-order valence-electron chi connectivity index (χ2n) is 4.20. The second-order valence-corrected chi connectivity index (χ2v) is 4.20. The Bertz CT molecular complexity index is 334. The van der Waals surface area contributed by atoms with Crippen molar-refractivity contribution in [3.05, 3.63) is 61.4 Å². The summed E-state index contributed by atoms with van der Waals surface area (Å²) < 4.78 is 0. The largest absolute Gasteiger partial charge is 0.508 e. The van der Waals surface area contributed by atoms with Gasteiger partial charge in [0.2, 0.25) is 0 Å². The van der Waals surface area contributed by atoms with Crippen LogP contribution in [0.3, 0.4) is 0 Å². The Morgan fingerprint density at radius 2 is 2.00 bits per heavy atom. The Morgan fingerprint density at radius 1 is 1.38 bits per heavy atom. The third-order valence-electron chi connectivity index (χ3n) is 3.02. The summed E-state index contributed by atoms with van der Waals surface area (Å²) in [6.07, 6.45) is 15.4. The van der Waals surface area contributed by atoms with Gasteiger partial charge in [-0.05, 0) is 31.9 Å². The maximum Gasteiger partial charge on any atom is 0.111 e. The Morgan fingerprint density at radius 3 is 2.50 bits per heavy atom. The third kappa shape index (κ3) is 2.54. The summed E-state index contributed by atoms with van der Waals surface area (Å²) in [6.45, 7) is 9.63. The lowest BCUT2D eigenvalue weighted by Gasteiger charge is -2.36. The monoisotopic (exact) mass is 216 g/mol. The molecule has 0 saturated heterocycles. The maximum atomic E-state index is 9.67. The Hall–Kier alpha value is -1.50. The molecule has 16 heavy (non-hydrogen) atoms. The van der Waals surface area contributed by atoms with Gasteiger partial charge in [0, 0.05) is 11.3 Å². The van der Waals surface area contributed by atoms with Crippen LogP contribution in [0, 0.1) is 11.3 Å². The predicted octanol–water partition coefficient (Wildman–Crippen LogP) is 4.33. The Labute approximate surface area is 98.2 Å². The van der Waals surface area contributed by atoms with E-state index < -0.39 is 0 Å². The number of allylic oxidation sites excluding steroid dienone is 7. The van der Waals surface area contributed by atoms with Gasteiger partial charge in [-0.2, -0.15) is 0 Å². The lowest BCUT2D eigenvalue weighted by Crippen LogP contribution is -2.27. The van der Waals surface area contributed by atoms with E-state index >= 15 is 0 Å². The van der Waals surface area contributed by atoms with Gasteiger partial charge in [0.25, 0.3) is 0 Å². The third-order valence-corrected chi connectivity index (χ3v) is 3.02. The van der Waals surface area contributed by atoms with Gasteiger partial charge in [0.15, 0.2) is 0 Å². The van der Waals surface area contributed by atoms with Gasteiger partial charge < -0.3 is 5.11 Å². The molecule has 1 nitrogen and oxygen atoms in total. The van der Waals surface area contributed by atoms with Gasteiger partial charge in [-0.1, -0.05) is 30.4 Å². The van der Waals surface area contributed by atoms with Gasteiger partial charge in [-0.3, -0.25) is 0 Å². The molecule has 0 fully saturated rings. The molecule has 0 heterocycles. The number of hydrogen-bond acceptors (Lipinski definition) is 1. The molecule has 1 atom stereocenters. The molecule has 0 aliphatic heterocycles. The minimum absolute atomic E-state index is 0.102. The molecule has 0 aromatic rings. The summed E-state index contributed by atoms with van der Waals surface area (Å²) >= 11 is 0. The van der Waals surface area contributed by atoms with Gasteiger partial charge >= 0.3 is 0 Å². The first kappa shape index (κ1) is 12.6. The zero-order chi connectivity index (χ0) is 12.0. The molecule has 0 amide bonds. The van der Waals surface area contributed by atoms with Gasteiger partial charge in [0.1, 0.15) is 5.76 Å². The second kappa shape index (κ2) is 5.55. The zero-order valence-electron chi connectivity index (χ0n) is 9.89. The van der Waals surface area contributed by atoms with Crippen molar-refractivity contribution in [2.45, 2.75) is 19.8 Å². The van der Waals surface area contributed by atoms with E-state index in [0.29, 0.717) is 11.7 Å². The van der Waals surface area contributed by atoms with Gasteiger partial charge in [-0.15, -0.1) is 13.2 Å². The molecule has 1 aliphatic rings. The highest BCUT2D eigenvalue weighted by atomic mass is 16.3. The topological polar surface area (TPSA) is 20.2 Å². The number of rotatable bonds is 5. The molecule has 0 aromatic heterocycles. The van der Waals surface area contributed by atoms with Crippen LogP contribution in [0.1, 0.15) is 19.8 Å². The lowest BCUT2D eigenvalue weighted by atomic mass is 9.68. The van der Waals surface area contributed by atoms with E-state index in [0.717, 1.165) is 12.8 Å². The molecule has 0 bridgehead atoms. The highest BCUT2D eigenvalue weighted by molar-refractivity contribution is 5.29. The van der Waals surface area contributed by atoms with Crippen molar-refractivity contribution in [3.63, 3.8) is 0 Å². The van der Waals surface area contributed by atoms with Crippen molar-refractivity contribution in [1.29, 1.82) is 0 Å². The first-order valence-corrected chi connectivity index (χ1v) is 5.63. The lowest BCUT2D eigenvalue weighted by molar-refractivity contribution is 0.298. The summed E-state index contributed by atoms with van der Waals surface area (Å²) in [5.74, 6) is 0.633. The first-order valence-electron chi connectivity index (χ1n) is 5.63. The molecule has 0 spiro atoms. The molecule has 0 radical (unpaired) electrons. The maximum absolute atomic E-state index is 9.67. The van der Waals surface area contributed by atoms with Crippen LogP contribution in [0.5, 0.6) is 0 Å². The Balaban J connectivity index is 3.11. The van der Waals surface area contributed by atoms with Crippen LogP contribution < -0.4 is 0 Å². The van der Waals surface area contributed by atoms with Crippen LogP contribution in [0.4, 0.5) is 0 Å². The molecular formula is C15H20O. The highest BCUT2D eigenvalue weighted by Gasteiger charge is 2.34. The SMILES string of the molecule is C=CCC1(CC=C)C=C(O)C=CC1/C=C/C. The van der Waals surface area contributed by atoms with E-state index in [1.165, 1.54) is 0 Å². The van der Waals surface area contributed by atoms with Crippen molar-refractivity contribution in [2.24, 2.45) is 11.3 Å². The van der Waals surface area contributed by atoms with E-state index in [9.17, 15) is 5.11 Å². The average Bonchev–Trinajstić information content (AvgIpc) is 2.23. The summed E-state index contributed by atoms with van der Waals surface area (Å²) in [7, 11) is 0. The molecule has 86 valence electrons. The molecule has 1 unspecified atom stereocenters. The molecule has 1 rings (SSSR count). The van der Waals surface area contributed by atoms with Gasteiger partial charge in [-0.25, -0.2) is 0 Å². The quantitative estimate of drug-likeness (QED) is 0.678. The predicted molar refractivity (Wildman–Crippen MR) is 70.2 cm³/mol. The smallest absolute Gasteiger partial charge is 0.111 e. The van der Waals surface area contributed by atoms with Crippen LogP contribution in [0.2, 0.25) is 0 Å². The van der Waals surface area contributed by atoms with Crippen molar-refractivity contribution < 1.29 is 5.11 Å². The van der Waals surface area contributed by atoms with Crippen molar-refractivity contribution in [1.82, 2.24) is 0 Å². The van der Waals surface area contributed by atoms with E-state index in [4.69, 9.17) is 0 Å². The zero-order valence-corrected chi connectivity index (χ0v) is 9.89. The van der Waals surface area contributed by atoms with E-state index in [-0.39, 0.29) is 5.41 Å². The van der Waals surface area contributed by atoms with E-state index in [1.54, 1.807) is 6.08 Å². The van der Waals surface area contributed by atoms with Crippen molar-refractivity contribution in [3.8, 4) is 0 Å². The average molecular weight is 216 g/mol. The summed E-state index contributed by atoms with van der Waals surface area (Å²) in [5, 5.41) is 9.67. The summed E-state index contributed by atoms with van der Waals surface area (Å²) in [6, 6.07) is 0. The number of hydrogen-bond donors (Lipinski definition) is 1. The molecule has 1 N–H and O–H groups in total. The standard InChI is InChI=1S/C15H20O/c1-4-7-13-8-9-14(16)12-15(13,10-5-2)11-6-3/h4-9,12-13,16H,2-3,10-11H2,1H3/b7-4+. The first-order chi connectivity index (χ1) is 7.68. The number of aliphatic hydroxyl groups excluding tert-OH is 1. The fraction of sp³-hybridized carbons (Fsp3) is 0.333. The molecular weight excluding hydrogens is 196 g/mol. The molecule has 0 saturated carbocycles. The molecule has 1 aliphatic carbocycles. The van der Waals surface area contributed by atoms with Crippen LogP contribution >= 0.6 is 0 Å². The van der Waals surface area contributed by atoms with Crippen molar-refractivity contribution >= 4 is 0 Å². The van der Waals surface area contributed by atoms with E-state index in [2.05, 4.69) is 19.2 Å². The summed E-state index contributed by atoms with van der Waals surface area (Å²) in [5.41, 5.74) is -0.102. The van der Waals surface area contributed by atoms with E-state index in [1.807, 2.05) is 37.3 Å². The number of aliphatic hydroxyl groups is 1. The highest BCUT2D eigenvalue weighted by Crippen LogP contribution is 2.42. The minimum Gasteiger partial charge on any atom is -0.508 e. The van der Waals surface area contributed by atoms with Crippen LogP contribution in [0.15, 0.2) is 61.4 Å². The van der Waals surface area contributed by atoms with Crippen LogP contribution in [0.25, 0.3) is 0 Å². The van der Waals surface area contributed by atoms with Crippen LogP contribution in [-0.2, 0) is 0 Å². The Kier molecular flexibility index (Phi) is 4.36. The van der Waals surface area contributed by atoms with Gasteiger partial charge in [0.05, 0.1) is 0 Å².